The zero-order chi connectivity index (χ0) is 17.7. The predicted molar refractivity (Wildman–Crippen MR) is 96.8 cm³/mol. The molecule has 25 heavy (non-hydrogen) atoms. The molecule has 0 N–H and O–H groups in total. The van der Waals surface area contributed by atoms with E-state index in [0.29, 0.717) is 18.3 Å². The third-order valence-corrected chi connectivity index (χ3v) is 7.36. The Morgan fingerprint density at radius 2 is 2.16 bits per heavy atom. The number of rotatable bonds is 4. The van der Waals surface area contributed by atoms with E-state index in [9.17, 15) is 9.59 Å². The number of carbonyl (C=O) groups is 2. The number of fused-ring (bicyclic) bond motifs is 5. The molecule has 1 aromatic carbocycles. The van der Waals surface area contributed by atoms with Crippen LogP contribution in [0.15, 0.2) is 30.4 Å². The standard InChI is InChI=1S/C22H26O3/c1-21-11-8-18-17-6-5-16(25-2)14-15(17)4-7-19(18)22(21,10-3-13-23)12-9-20(21)24/h5-6,9,12-14,18-19H,3-4,7-8,10-11H2,1-2H3/t18-,19-,21-,22-/m1/s1. The number of carbonyl (C=O) groups excluding carboxylic acids is 2. The first-order valence-corrected chi connectivity index (χ1v) is 9.40. The highest BCUT2D eigenvalue weighted by molar-refractivity contribution is 5.98. The number of allylic oxidation sites excluding steroid dienone is 2. The highest BCUT2D eigenvalue weighted by Crippen LogP contribution is 2.66. The number of benzene rings is 1. The first-order chi connectivity index (χ1) is 12.1. The van der Waals surface area contributed by atoms with Crippen molar-refractivity contribution < 1.29 is 14.3 Å². The van der Waals surface area contributed by atoms with E-state index in [1.807, 2.05) is 0 Å². The topological polar surface area (TPSA) is 43.4 Å². The van der Waals surface area contributed by atoms with Crippen molar-refractivity contribution in [3.05, 3.63) is 41.5 Å². The van der Waals surface area contributed by atoms with Gasteiger partial charge in [-0.05, 0) is 73.3 Å². The van der Waals surface area contributed by atoms with Gasteiger partial charge in [0.2, 0.25) is 0 Å². The molecule has 3 nitrogen and oxygen atoms in total. The van der Waals surface area contributed by atoms with Crippen LogP contribution in [0.3, 0.4) is 0 Å². The van der Waals surface area contributed by atoms with Crippen LogP contribution in [0.1, 0.15) is 56.1 Å². The fourth-order valence-corrected chi connectivity index (χ4v) is 5.99. The lowest BCUT2D eigenvalue weighted by molar-refractivity contribution is -0.135. The van der Waals surface area contributed by atoms with Gasteiger partial charge in [-0.15, -0.1) is 0 Å². The molecule has 0 spiro atoms. The summed E-state index contributed by atoms with van der Waals surface area (Å²) in [5.41, 5.74) is 2.33. The normalized spacial score (nSPS) is 35.7. The van der Waals surface area contributed by atoms with Crippen LogP contribution >= 0.6 is 0 Å². The fraction of sp³-hybridized carbons (Fsp3) is 0.545. The van der Waals surface area contributed by atoms with Crippen LogP contribution in [0.5, 0.6) is 5.75 Å². The summed E-state index contributed by atoms with van der Waals surface area (Å²) in [5.74, 6) is 2.10. The molecule has 1 aromatic rings. The molecule has 0 radical (unpaired) electrons. The number of hydrogen-bond acceptors (Lipinski definition) is 3. The van der Waals surface area contributed by atoms with E-state index in [-0.39, 0.29) is 16.6 Å². The molecule has 4 atom stereocenters. The monoisotopic (exact) mass is 338 g/mol. The minimum absolute atomic E-state index is 0.161. The summed E-state index contributed by atoms with van der Waals surface area (Å²) in [5, 5.41) is 0. The second kappa shape index (κ2) is 5.82. The van der Waals surface area contributed by atoms with E-state index in [1.54, 1.807) is 13.2 Å². The Balaban J connectivity index is 1.77. The van der Waals surface area contributed by atoms with Crippen molar-refractivity contribution in [1.82, 2.24) is 0 Å². The molecule has 3 heteroatoms. The number of methoxy groups -OCH3 is 1. The molecule has 0 heterocycles. The van der Waals surface area contributed by atoms with Gasteiger partial charge < -0.3 is 9.53 Å². The Labute approximate surface area is 149 Å². The van der Waals surface area contributed by atoms with Gasteiger partial charge >= 0.3 is 0 Å². The van der Waals surface area contributed by atoms with E-state index in [1.165, 1.54) is 11.1 Å². The number of ether oxygens (including phenoxy) is 1. The first-order valence-electron chi connectivity index (χ1n) is 9.40. The van der Waals surface area contributed by atoms with Crippen molar-refractivity contribution in [3.63, 3.8) is 0 Å². The lowest BCUT2D eigenvalue weighted by Crippen LogP contribution is -2.52. The number of aryl methyl sites for hydroxylation is 1. The molecule has 3 aliphatic carbocycles. The lowest BCUT2D eigenvalue weighted by Gasteiger charge is -2.56. The molecule has 132 valence electrons. The smallest absolute Gasteiger partial charge is 0.162 e. The Kier molecular flexibility index (Phi) is 3.86. The van der Waals surface area contributed by atoms with Gasteiger partial charge in [0.15, 0.2) is 5.78 Å². The summed E-state index contributed by atoms with van der Waals surface area (Å²) >= 11 is 0. The Morgan fingerprint density at radius 3 is 2.92 bits per heavy atom. The molecule has 1 saturated carbocycles. The molecule has 1 fully saturated rings. The summed E-state index contributed by atoms with van der Waals surface area (Å²) < 4.78 is 5.39. The predicted octanol–water partition coefficient (Wildman–Crippen LogP) is 4.25. The van der Waals surface area contributed by atoms with Gasteiger partial charge in [0.25, 0.3) is 0 Å². The van der Waals surface area contributed by atoms with Crippen molar-refractivity contribution in [2.45, 2.75) is 51.4 Å². The molecule has 0 saturated heterocycles. The van der Waals surface area contributed by atoms with Crippen LogP contribution in [0.2, 0.25) is 0 Å². The average Bonchev–Trinajstić information content (AvgIpc) is 2.91. The van der Waals surface area contributed by atoms with E-state index in [2.05, 4.69) is 31.2 Å². The molecular weight excluding hydrogens is 312 g/mol. The second-order valence-corrected chi connectivity index (χ2v) is 8.13. The van der Waals surface area contributed by atoms with Gasteiger partial charge in [0.1, 0.15) is 12.0 Å². The number of ketones is 1. The zero-order valence-corrected chi connectivity index (χ0v) is 15.1. The van der Waals surface area contributed by atoms with Gasteiger partial charge in [-0.25, -0.2) is 0 Å². The number of aldehydes is 1. The quantitative estimate of drug-likeness (QED) is 0.771. The van der Waals surface area contributed by atoms with Gasteiger partial charge in [0, 0.05) is 17.3 Å². The Hall–Kier alpha value is -1.90. The summed E-state index contributed by atoms with van der Waals surface area (Å²) in [7, 11) is 1.71. The fourth-order valence-electron chi connectivity index (χ4n) is 5.99. The van der Waals surface area contributed by atoms with Crippen LogP contribution < -0.4 is 4.74 Å². The zero-order valence-electron chi connectivity index (χ0n) is 15.1. The lowest BCUT2D eigenvalue weighted by atomic mass is 9.46. The molecular formula is C22H26O3. The number of hydrogen-bond donors (Lipinski definition) is 0. The Morgan fingerprint density at radius 1 is 1.32 bits per heavy atom. The average molecular weight is 338 g/mol. The molecule has 0 unspecified atom stereocenters. The third kappa shape index (κ3) is 2.17. The molecule has 0 aliphatic heterocycles. The van der Waals surface area contributed by atoms with E-state index in [4.69, 9.17) is 4.74 Å². The van der Waals surface area contributed by atoms with Crippen LogP contribution in [-0.4, -0.2) is 19.2 Å². The SMILES string of the molecule is COc1ccc2c(c1)CC[C@@H]1[C@@H]2CC[C@]2(C)C(=O)C=C[C@]12CCC=O. The maximum atomic E-state index is 12.7. The summed E-state index contributed by atoms with van der Waals surface area (Å²) in [6.45, 7) is 2.14. The van der Waals surface area contributed by atoms with Crippen molar-refractivity contribution in [1.29, 1.82) is 0 Å². The minimum Gasteiger partial charge on any atom is -0.497 e. The van der Waals surface area contributed by atoms with Crippen molar-refractivity contribution in [2.75, 3.05) is 7.11 Å². The van der Waals surface area contributed by atoms with E-state index < -0.39 is 0 Å². The molecule has 3 aliphatic rings. The van der Waals surface area contributed by atoms with Crippen LogP contribution in [-0.2, 0) is 16.0 Å². The largest absolute Gasteiger partial charge is 0.497 e. The molecule has 0 bridgehead atoms. The van der Waals surface area contributed by atoms with E-state index in [0.717, 1.165) is 44.1 Å². The third-order valence-electron chi connectivity index (χ3n) is 7.36. The maximum absolute atomic E-state index is 12.7. The van der Waals surface area contributed by atoms with Crippen molar-refractivity contribution in [3.8, 4) is 5.75 Å². The van der Waals surface area contributed by atoms with Crippen LogP contribution in [0.4, 0.5) is 0 Å². The van der Waals surface area contributed by atoms with Crippen molar-refractivity contribution >= 4 is 12.1 Å². The van der Waals surface area contributed by atoms with Gasteiger partial charge in [-0.3, -0.25) is 4.79 Å². The van der Waals surface area contributed by atoms with Crippen LogP contribution in [0.25, 0.3) is 0 Å². The van der Waals surface area contributed by atoms with E-state index >= 15 is 0 Å². The van der Waals surface area contributed by atoms with Gasteiger partial charge in [0.05, 0.1) is 7.11 Å². The summed E-state index contributed by atoms with van der Waals surface area (Å²) in [6, 6.07) is 6.46. The molecule has 0 aromatic heterocycles. The second-order valence-electron chi connectivity index (χ2n) is 8.13. The summed E-state index contributed by atoms with van der Waals surface area (Å²) in [6.07, 6.45) is 10.4. The van der Waals surface area contributed by atoms with Gasteiger partial charge in [-0.2, -0.15) is 0 Å². The summed E-state index contributed by atoms with van der Waals surface area (Å²) in [4.78, 5) is 23.8. The van der Waals surface area contributed by atoms with Crippen molar-refractivity contribution in [2.24, 2.45) is 16.7 Å². The maximum Gasteiger partial charge on any atom is 0.162 e. The minimum atomic E-state index is -0.332. The Bertz CT molecular complexity index is 750. The molecule has 0 amide bonds. The van der Waals surface area contributed by atoms with Crippen LogP contribution in [0, 0.1) is 16.7 Å². The van der Waals surface area contributed by atoms with Gasteiger partial charge in [-0.1, -0.05) is 19.1 Å². The first kappa shape index (κ1) is 16.6. The molecule has 4 rings (SSSR count). The highest BCUT2D eigenvalue weighted by atomic mass is 16.5. The highest BCUT2D eigenvalue weighted by Gasteiger charge is 2.61.